The molecule has 0 bridgehead atoms. The molecule has 0 aromatic rings. The molecule has 20 heavy (non-hydrogen) atoms. The maximum absolute atomic E-state index is 10.3. The van der Waals surface area contributed by atoms with E-state index in [1.165, 1.54) is 12.8 Å². The van der Waals surface area contributed by atoms with Crippen molar-refractivity contribution in [3.63, 3.8) is 0 Å². The van der Waals surface area contributed by atoms with E-state index in [0.717, 1.165) is 57.2 Å². The van der Waals surface area contributed by atoms with E-state index in [1.807, 2.05) is 6.92 Å². The fourth-order valence-electron chi connectivity index (χ4n) is 3.92. The zero-order valence-electron chi connectivity index (χ0n) is 13.5. The summed E-state index contributed by atoms with van der Waals surface area (Å²) in [4.78, 5) is 2.47. The van der Waals surface area contributed by atoms with Gasteiger partial charge < -0.3 is 15.1 Å². The lowest BCUT2D eigenvalue weighted by Gasteiger charge is -2.38. The van der Waals surface area contributed by atoms with Crippen LogP contribution in [0.3, 0.4) is 0 Å². The van der Waals surface area contributed by atoms with Gasteiger partial charge in [-0.3, -0.25) is 0 Å². The van der Waals surface area contributed by atoms with Crippen LogP contribution in [0.2, 0.25) is 0 Å². The molecule has 0 aromatic carbocycles. The molecule has 0 aromatic heterocycles. The highest BCUT2D eigenvalue weighted by Crippen LogP contribution is 2.35. The highest BCUT2D eigenvalue weighted by Gasteiger charge is 2.33. The smallest absolute Gasteiger partial charge is 0.0632 e. The molecule has 4 unspecified atom stereocenters. The summed E-state index contributed by atoms with van der Waals surface area (Å²) >= 11 is 0. The molecular weight excluding hydrogens is 250 g/mol. The summed E-state index contributed by atoms with van der Waals surface area (Å²) in [5.74, 6) is 1.94. The highest BCUT2D eigenvalue weighted by molar-refractivity contribution is 4.85. The van der Waals surface area contributed by atoms with E-state index in [0.29, 0.717) is 5.92 Å². The zero-order chi connectivity index (χ0) is 14.8. The van der Waals surface area contributed by atoms with Crippen LogP contribution in [-0.2, 0) is 0 Å². The molecule has 1 saturated carbocycles. The predicted octanol–water partition coefficient (Wildman–Crippen LogP) is 2.66. The third kappa shape index (κ3) is 4.44. The first-order valence-electron chi connectivity index (χ1n) is 8.50. The predicted molar refractivity (Wildman–Crippen MR) is 82.6 cm³/mol. The van der Waals surface area contributed by atoms with Crippen molar-refractivity contribution in [1.82, 2.24) is 4.90 Å². The van der Waals surface area contributed by atoms with E-state index in [9.17, 15) is 10.2 Å². The minimum Gasteiger partial charge on any atom is -0.393 e. The summed E-state index contributed by atoms with van der Waals surface area (Å²) in [6.07, 6.45) is 6.06. The van der Waals surface area contributed by atoms with Crippen LogP contribution in [0.1, 0.15) is 59.3 Å². The molecule has 0 spiro atoms. The van der Waals surface area contributed by atoms with E-state index < -0.39 is 5.60 Å². The monoisotopic (exact) mass is 283 g/mol. The standard InChI is InChI=1S/C17H33NO2/c1-13(2)14-5-6-16(19)15(11-14)12-18-9-4-7-17(3,20)8-10-18/h13-16,19-20H,4-12H2,1-3H3. The first-order valence-corrected chi connectivity index (χ1v) is 8.50. The fraction of sp³-hybridized carbons (Fsp3) is 1.00. The van der Waals surface area contributed by atoms with Gasteiger partial charge >= 0.3 is 0 Å². The van der Waals surface area contributed by atoms with Crippen LogP contribution in [-0.4, -0.2) is 46.5 Å². The summed E-state index contributed by atoms with van der Waals surface area (Å²) in [6.45, 7) is 9.64. The summed E-state index contributed by atoms with van der Waals surface area (Å²) in [7, 11) is 0. The molecule has 2 aliphatic rings. The Kier molecular flexibility index (Phi) is 5.49. The second-order valence-corrected chi connectivity index (χ2v) is 7.80. The number of rotatable bonds is 3. The van der Waals surface area contributed by atoms with E-state index in [4.69, 9.17) is 0 Å². The normalized spacial score (nSPS) is 40.8. The SMILES string of the molecule is CC(C)C1CCC(O)C(CN2CCCC(C)(O)CC2)C1. The van der Waals surface area contributed by atoms with E-state index in [1.54, 1.807) is 0 Å². The number of likely N-dealkylation sites (tertiary alicyclic amines) is 1. The number of hydrogen-bond donors (Lipinski definition) is 2. The minimum absolute atomic E-state index is 0.117. The Hall–Kier alpha value is -0.120. The van der Waals surface area contributed by atoms with E-state index in [2.05, 4.69) is 18.7 Å². The summed E-state index contributed by atoms with van der Waals surface area (Å²) in [5, 5.41) is 20.5. The van der Waals surface area contributed by atoms with E-state index >= 15 is 0 Å². The largest absolute Gasteiger partial charge is 0.393 e. The van der Waals surface area contributed by atoms with Gasteiger partial charge in [-0.25, -0.2) is 0 Å². The molecule has 4 atom stereocenters. The Morgan fingerprint density at radius 1 is 1.20 bits per heavy atom. The highest BCUT2D eigenvalue weighted by atomic mass is 16.3. The van der Waals surface area contributed by atoms with Gasteiger partial charge in [0.1, 0.15) is 0 Å². The van der Waals surface area contributed by atoms with E-state index in [-0.39, 0.29) is 6.10 Å². The number of aliphatic hydroxyl groups is 2. The van der Waals surface area contributed by atoms with Crippen molar-refractivity contribution in [1.29, 1.82) is 0 Å². The van der Waals surface area contributed by atoms with Crippen LogP contribution in [0, 0.1) is 17.8 Å². The van der Waals surface area contributed by atoms with Crippen molar-refractivity contribution < 1.29 is 10.2 Å². The van der Waals surface area contributed by atoms with Crippen molar-refractivity contribution in [3.8, 4) is 0 Å². The maximum atomic E-state index is 10.3. The van der Waals surface area contributed by atoms with Gasteiger partial charge in [0.05, 0.1) is 11.7 Å². The lowest BCUT2D eigenvalue weighted by molar-refractivity contribution is 0.0155. The Bertz CT molecular complexity index is 303. The van der Waals surface area contributed by atoms with Crippen molar-refractivity contribution in [3.05, 3.63) is 0 Å². The third-order valence-corrected chi connectivity index (χ3v) is 5.57. The van der Waals surface area contributed by atoms with Gasteiger partial charge in [-0.2, -0.15) is 0 Å². The van der Waals surface area contributed by atoms with Gasteiger partial charge in [0.2, 0.25) is 0 Å². The van der Waals surface area contributed by atoms with Gasteiger partial charge in [0.15, 0.2) is 0 Å². The molecule has 2 fully saturated rings. The van der Waals surface area contributed by atoms with Gasteiger partial charge in [-0.1, -0.05) is 13.8 Å². The number of nitrogens with zero attached hydrogens (tertiary/aromatic N) is 1. The Morgan fingerprint density at radius 2 is 1.95 bits per heavy atom. The second kappa shape index (κ2) is 6.76. The zero-order valence-corrected chi connectivity index (χ0v) is 13.5. The molecule has 3 nitrogen and oxygen atoms in total. The van der Waals surface area contributed by atoms with Crippen LogP contribution in [0.4, 0.5) is 0 Å². The second-order valence-electron chi connectivity index (χ2n) is 7.80. The average molecular weight is 283 g/mol. The Balaban J connectivity index is 1.87. The third-order valence-electron chi connectivity index (χ3n) is 5.57. The molecule has 3 heteroatoms. The minimum atomic E-state index is -0.486. The van der Waals surface area contributed by atoms with Crippen LogP contribution in [0.5, 0.6) is 0 Å². The van der Waals surface area contributed by atoms with Crippen molar-refractivity contribution >= 4 is 0 Å². The molecule has 118 valence electrons. The molecular formula is C17H33NO2. The fourth-order valence-corrected chi connectivity index (χ4v) is 3.92. The number of aliphatic hydroxyl groups excluding tert-OH is 1. The molecule has 0 radical (unpaired) electrons. The Morgan fingerprint density at radius 3 is 2.65 bits per heavy atom. The quantitative estimate of drug-likeness (QED) is 0.837. The molecule has 0 amide bonds. The molecule has 1 aliphatic carbocycles. The van der Waals surface area contributed by atoms with Crippen LogP contribution in [0.15, 0.2) is 0 Å². The van der Waals surface area contributed by atoms with Gasteiger partial charge in [0.25, 0.3) is 0 Å². The summed E-state index contributed by atoms with van der Waals surface area (Å²) < 4.78 is 0. The van der Waals surface area contributed by atoms with Crippen LogP contribution >= 0.6 is 0 Å². The molecule has 1 saturated heterocycles. The summed E-state index contributed by atoms with van der Waals surface area (Å²) in [6, 6.07) is 0. The van der Waals surface area contributed by atoms with Crippen LogP contribution in [0.25, 0.3) is 0 Å². The summed E-state index contributed by atoms with van der Waals surface area (Å²) in [5.41, 5.74) is -0.486. The molecule has 1 heterocycles. The molecule has 2 N–H and O–H groups in total. The van der Waals surface area contributed by atoms with Crippen LogP contribution < -0.4 is 0 Å². The van der Waals surface area contributed by atoms with Crippen molar-refractivity contribution in [2.24, 2.45) is 17.8 Å². The van der Waals surface area contributed by atoms with Gasteiger partial charge in [0, 0.05) is 13.1 Å². The van der Waals surface area contributed by atoms with Crippen molar-refractivity contribution in [2.75, 3.05) is 19.6 Å². The number of hydrogen-bond acceptors (Lipinski definition) is 3. The van der Waals surface area contributed by atoms with Crippen molar-refractivity contribution in [2.45, 2.75) is 71.0 Å². The first kappa shape index (κ1) is 16.3. The Labute approximate surface area is 124 Å². The topological polar surface area (TPSA) is 43.7 Å². The lowest BCUT2D eigenvalue weighted by Crippen LogP contribution is -2.40. The average Bonchev–Trinajstić information content (AvgIpc) is 2.53. The lowest BCUT2D eigenvalue weighted by atomic mass is 9.74. The van der Waals surface area contributed by atoms with Gasteiger partial charge in [-0.15, -0.1) is 0 Å². The molecule has 1 aliphatic heterocycles. The molecule has 2 rings (SSSR count). The first-order chi connectivity index (χ1) is 9.37. The maximum Gasteiger partial charge on any atom is 0.0632 e. The van der Waals surface area contributed by atoms with Gasteiger partial charge in [-0.05, 0) is 69.7 Å².